The van der Waals surface area contributed by atoms with Gasteiger partial charge in [0, 0.05) is 25.2 Å². The Bertz CT molecular complexity index is 4330. The molecule has 0 unspecified atom stereocenters. The fraction of sp³-hybridized carbons (Fsp3) is 0.663. The highest BCUT2D eigenvalue weighted by atomic mass is 19.4. The van der Waals surface area contributed by atoms with Crippen LogP contribution in [-0.2, 0) is 85.0 Å². The molecule has 123 heavy (non-hydrogen) atoms. The second kappa shape index (κ2) is 39.9. The van der Waals surface area contributed by atoms with Gasteiger partial charge in [0.1, 0.15) is 24.7 Å². The van der Waals surface area contributed by atoms with E-state index in [2.05, 4.69) is 85.9 Å². The van der Waals surface area contributed by atoms with Gasteiger partial charge in [-0.1, -0.05) is 97.9 Å². The van der Waals surface area contributed by atoms with Gasteiger partial charge in [-0.15, -0.1) is 0 Å². The van der Waals surface area contributed by atoms with Gasteiger partial charge in [0.2, 0.25) is 5.70 Å². The maximum absolute atomic E-state index is 13.3. The van der Waals surface area contributed by atoms with Gasteiger partial charge in [0.25, 0.3) is 12.5 Å². The number of piperidine rings is 2. The molecule has 15 rings (SSSR count). The summed E-state index contributed by atoms with van der Waals surface area (Å²) in [6, 6.07) is 15.5. The summed E-state index contributed by atoms with van der Waals surface area (Å²) in [5.41, 5.74) is -1.69. The lowest BCUT2D eigenvalue weighted by Gasteiger charge is -2.64. The Morgan fingerprint density at radius 1 is 0.602 bits per heavy atom. The van der Waals surface area contributed by atoms with Crippen LogP contribution in [0.4, 0.5) is 53.9 Å². The van der Waals surface area contributed by atoms with Gasteiger partial charge >= 0.3 is 70.0 Å². The van der Waals surface area contributed by atoms with Crippen molar-refractivity contribution in [2.45, 2.75) is 276 Å². The number of hydrogen-bond donors (Lipinski definition) is 6. The number of alkyl carbamates (subject to hydrolysis) is 3. The van der Waals surface area contributed by atoms with Crippen LogP contribution in [0.2, 0.25) is 0 Å². The molecule has 672 valence electrons. The second-order valence-corrected chi connectivity index (χ2v) is 36.8. The molecule has 3 aromatic rings. The molecule has 25 nitrogen and oxygen atoms in total. The fourth-order valence-corrected chi connectivity index (χ4v) is 19.3. The number of benzene rings is 3. The smallest absolute Gasteiger partial charge is 0.480 e. The first-order chi connectivity index (χ1) is 57.0. The molecule has 7 aliphatic carbocycles. The zero-order valence-electron chi connectivity index (χ0n) is 70.6. The minimum Gasteiger partial charge on any atom is -0.480 e. The van der Waals surface area contributed by atoms with Crippen molar-refractivity contribution in [1.82, 2.24) is 30.7 Å². The van der Waals surface area contributed by atoms with E-state index < -0.39 is 140 Å². The lowest BCUT2D eigenvalue weighted by molar-refractivity contribution is -0.199. The molecule has 0 radical (unpaired) electrons. The third kappa shape index (κ3) is 24.5. The Labute approximate surface area is 714 Å². The van der Waals surface area contributed by atoms with Crippen molar-refractivity contribution in [1.29, 1.82) is 5.26 Å². The van der Waals surface area contributed by atoms with E-state index in [1.165, 1.54) is 52.3 Å². The highest BCUT2D eigenvalue weighted by Gasteiger charge is 2.70. The Morgan fingerprint density at radius 2 is 1.01 bits per heavy atom. The maximum atomic E-state index is 13.3. The van der Waals surface area contributed by atoms with E-state index in [9.17, 15) is 78.3 Å². The summed E-state index contributed by atoms with van der Waals surface area (Å²) >= 11 is 0. The molecule has 12 aliphatic rings. The number of aliphatic carboxylic acids is 1. The van der Waals surface area contributed by atoms with Crippen LogP contribution < -0.4 is 16.0 Å². The van der Waals surface area contributed by atoms with Crippen LogP contribution in [0.15, 0.2) is 84.6 Å². The highest BCUT2D eigenvalue weighted by Crippen LogP contribution is 2.67. The van der Waals surface area contributed by atoms with Crippen LogP contribution in [0, 0.1) is 64.4 Å². The number of carbonyl (C=O) groups excluding carboxylic acids is 5. The number of rotatable bonds is 20. The van der Waals surface area contributed by atoms with Gasteiger partial charge < -0.3 is 78.6 Å². The van der Waals surface area contributed by atoms with E-state index in [0.717, 1.165) is 114 Å². The van der Waals surface area contributed by atoms with E-state index in [-0.39, 0.29) is 92.5 Å². The van der Waals surface area contributed by atoms with Crippen LogP contribution in [-0.4, -0.2) is 198 Å². The third-order valence-electron chi connectivity index (χ3n) is 26.6. The number of nitrogens with zero attached hydrogens (tertiary/aromatic N) is 6. The number of amides is 5. The summed E-state index contributed by atoms with van der Waals surface area (Å²) in [6.45, 7) is 38.8. The Hall–Kier alpha value is -8.63. The zero-order chi connectivity index (χ0) is 89.5. The number of carboxylic acid groups (broad SMARTS) is 1. The maximum Gasteiger partial charge on any atom is 0.482 e. The van der Waals surface area contributed by atoms with Gasteiger partial charge in [-0.25, -0.2) is 25.8 Å². The van der Waals surface area contributed by atoms with E-state index >= 15 is 0 Å². The van der Waals surface area contributed by atoms with Crippen molar-refractivity contribution in [2.24, 2.45) is 39.9 Å². The Balaban J connectivity index is 0.000000202. The molecule has 37 heteroatoms. The van der Waals surface area contributed by atoms with Crippen LogP contribution in [0.3, 0.4) is 0 Å². The summed E-state index contributed by atoms with van der Waals surface area (Å²) in [5, 5.41) is 42.9. The lowest BCUT2D eigenvalue weighted by atomic mass is 9.43. The largest absolute Gasteiger partial charge is 0.482 e. The molecule has 13 atom stereocenters. The summed E-state index contributed by atoms with van der Waals surface area (Å²) in [5.74, 6) is -2.55. The van der Waals surface area contributed by atoms with Crippen molar-refractivity contribution in [2.75, 3.05) is 45.8 Å². The monoisotopic (exact) mass is 1730 g/mol. The average molecular weight is 1730 g/mol. The number of likely N-dealkylation sites (tertiary alicyclic amines) is 3. The van der Waals surface area contributed by atoms with E-state index in [0.29, 0.717) is 79.1 Å². The summed E-state index contributed by atoms with van der Waals surface area (Å²) in [4.78, 5) is 85.2. The van der Waals surface area contributed by atoms with Crippen molar-refractivity contribution < 1.29 is 116 Å². The number of carboxylic acids is 1. The van der Waals surface area contributed by atoms with Gasteiger partial charge in [0.15, 0.2) is 0 Å². The Kier molecular flexibility index (Phi) is 31.9. The molecule has 5 amide bonds. The number of ether oxygens (including phenoxy) is 3. The fourth-order valence-electron chi connectivity index (χ4n) is 19.3. The highest BCUT2D eigenvalue weighted by molar-refractivity contribution is 6.48. The predicted octanol–water partition coefficient (Wildman–Crippen LogP) is 14.7. The van der Waals surface area contributed by atoms with Crippen LogP contribution >= 0.6 is 0 Å². The van der Waals surface area contributed by atoms with E-state index in [1.807, 2.05) is 13.8 Å². The minimum absolute atomic E-state index is 0. The molecule has 6 N–H and O–H groups in total. The molecule has 4 bridgehead atoms. The Morgan fingerprint density at radius 3 is 1.38 bits per heavy atom. The number of carbonyl (C=O) groups is 6. The second-order valence-electron chi connectivity index (χ2n) is 36.8. The van der Waals surface area contributed by atoms with Crippen LogP contribution in [0.25, 0.3) is 9.69 Å². The third-order valence-corrected chi connectivity index (χ3v) is 26.6. The van der Waals surface area contributed by atoms with Gasteiger partial charge in [-0.2, -0.15) is 44.8 Å². The molecule has 5 heterocycles. The van der Waals surface area contributed by atoms with Crippen LogP contribution in [0.1, 0.15) is 206 Å². The van der Waals surface area contributed by atoms with E-state index in [1.54, 1.807) is 6.08 Å². The number of halogens is 9. The molecular formula is C86H115B3F9N9O16. The molecule has 3 aromatic carbocycles. The molecular weight excluding hydrogens is 1620 g/mol. The molecule has 0 aromatic heterocycles. The van der Waals surface area contributed by atoms with Crippen LogP contribution in [0.5, 0.6) is 0 Å². The lowest BCUT2D eigenvalue weighted by Crippen LogP contribution is -2.65. The van der Waals surface area contributed by atoms with Crippen molar-refractivity contribution in [3.05, 3.63) is 141 Å². The average Bonchev–Trinajstić information content (AvgIpc) is 1.60. The summed E-state index contributed by atoms with van der Waals surface area (Å²) < 4.78 is 160. The number of nitrogens with one attached hydrogen (secondary N) is 3. The summed E-state index contributed by atoms with van der Waals surface area (Å²) in [7, 11) is -3.49. The number of nitriles is 1. The molecule has 12 fully saturated rings. The quantitative estimate of drug-likeness (QED) is 0.0201. The first kappa shape index (κ1) is 98.2. The molecule has 7 saturated carbocycles. The molecule has 0 spiro atoms. The SMILES string of the molecule is C.CC1(C)[C@@H]2C[C@H]3OB([C@H](Cc4ccc(C(F)(F)F)cc4)NC(=O)OC4CCCCC4)O[C@@]3(C)[C@H]1C2.N#CCC(=O)O.[C-]#[N+]C(=CC(C)(C)N1CCC(C)(C)C1)C(=O)N1CCC[C@H](OC(=O)N[C@@H](Cc2ccc(C(F)(F)F)cc2)B(O)O)C1.[C-]#[N+]CC(=O)N1CCC[C@H](OC(=O)N[C@@H](Cc2ccc(C(F)(F)F)cc2)B2O[C@@H]3C[C@@H]4C[C@@H](C4(C)C)[C@]3(C)O2)C1. The summed E-state index contributed by atoms with van der Waals surface area (Å²) in [6.07, 6.45) is -3.31. The van der Waals surface area contributed by atoms with Gasteiger partial charge in [0.05, 0.1) is 83.7 Å². The normalized spacial score (nSPS) is 26.8. The van der Waals surface area contributed by atoms with E-state index in [4.69, 9.17) is 56.3 Å². The van der Waals surface area contributed by atoms with Crippen molar-refractivity contribution >= 4 is 57.4 Å². The minimum atomic E-state index is -4.50. The van der Waals surface area contributed by atoms with Gasteiger partial charge in [-0.05, 0) is 230 Å². The first-order valence-electron chi connectivity index (χ1n) is 41.8. The first-order valence-corrected chi connectivity index (χ1v) is 41.8. The standard InChI is InChI=1S/C28H38BF3N4O5.C28H35BF3N3O5.C26H35BF3NO4.C3H3NO2.CH4/c1-26(2)12-14-36(18-26)27(3,4)16-22(33-5)24(37)35-13-6-7-21(17-35)41-25(38)34-23(29(39)40)15-19-8-10-20(11-9-19)28(30,31)32;1-26(2)19-13-21(26)27(3)22(14-19)39-29(40-27)23(12-17-7-9-18(10-8-17)28(30,31)32)34-25(37)38-20-6-5-11-35(16-20)24(36)15-33-4;1-24(2)18-14-20(24)25(3)21(15-18)34-27(35-25)22(31-23(32)33-19-7-5-4-6-8-19)13-16-9-11-17(12-10-16)26(28,29)30;4-2-1-3(5)6;/h8-11,16,21,23,39-40H,6-7,12-15,17-18H2,1-4H3,(H,34,38);7-10,19-23H,5-6,11-16H2,1-3H3,(H,34,37);9-12,18-22H,4-8,13-15H2,1-3H3,(H,31,32);1H2,(H,5,6);1H4/t21-,23-;19-,20-,21-,22+,23-,27-;18-,20-,21+,22-,25-;;/m000../s1. The molecule has 5 aliphatic heterocycles. The predicted molar refractivity (Wildman–Crippen MR) is 437 cm³/mol. The molecule has 5 saturated heterocycles. The number of alkyl halides is 9. The van der Waals surface area contributed by atoms with Crippen molar-refractivity contribution in [3.63, 3.8) is 0 Å². The topological polar surface area (TPSA) is 306 Å². The van der Waals surface area contributed by atoms with Crippen molar-refractivity contribution in [3.8, 4) is 6.07 Å². The number of hydrogen-bond acceptors (Lipinski definition) is 17. The van der Waals surface area contributed by atoms with Gasteiger partial charge in [-0.3, -0.25) is 19.3 Å². The zero-order valence-corrected chi connectivity index (χ0v) is 70.6.